The van der Waals surface area contributed by atoms with Gasteiger partial charge >= 0.3 is 11.8 Å². The van der Waals surface area contributed by atoms with E-state index in [2.05, 4.69) is 26.6 Å². The molecule has 2 aromatic rings. The van der Waals surface area contributed by atoms with Crippen molar-refractivity contribution in [1.29, 1.82) is 0 Å². The summed E-state index contributed by atoms with van der Waals surface area (Å²) in [5.74, 6) is -1.39. The molecule has 0 heterocycles. The zero-order valence-electron chi connectivity index (χ0n) is 12.7. The van der Waals surface area contributed by atoms with Gasteiger partial charge in [0.2, 0.25) is 0 Å². The average Bonchev–Trinajstić information content (AvgIpc) is 2.45. The van der Waals surface area contributed by atoms with Gasteiger partial charge in [-0.1, -0.05) is 29.8 Å². The highest BCUT2D eigenvalue weighted by Gasteiger charge is 2.17. The van der Waals surface area contributed by atoms with Crippen LogP contribution in [0.1, 0.15) is 16.7 Å². The second-order valence-electron chi connectivity index (χ2n) is 5.16. The summed E-state index contributed by atoms with van der Waals surface area (Å²) < 4.78 is 0.721. The fraction of sp³-hybridized carbons (Fsp3) is 0.176. The van der Waals surface area contributed by atoms with Gasteiger partial charge in [0.15, 0.2) is 0 Å². The molecular weight excluding hydrogens is 344 g/mol. The Morgan fingerprint density at radius 3 is 2.05 bits per heavy atom. The van der Waals surface area contributed by atoms with Gasteiger partial charge < -0.3 is 10.6 Å². The predicted molar refractivity (Wildman–Crippen MR) is 92.1 cm³/mol. The van der Waals surface area contributed by atoms with Crippen LogP contribution in [0.4, 0.5) is 11.4 Å². The molecule has 0 aliphatic rings. The van der Waals surface area contributed by atoms with Crippen LogP contribution in [0.15, 0.2) is 40.9 Å². The molecule has 114 valence electrons. The number of anilines is 2. The first-order valence-corrected chi connectivity index (χ1v) is 7.62. The number of aryl methyl sites for hydroxylation is 3. The van der Waals surface area contributed by atoms with Crippen molar-refractivity contribution in [1.82, 2.24) is 0 Å². The van der Waals surface area contributed by atoms with Crippen molar-refractivity contribution in [3.8, 4) is 0 Å². The maximum atomic E-state index is 12.1. The fourth-order valence-corrected chi connectivity index (χ4v) is 2.67. The van der Waals surface area contributed by atoms with Crippen molar-refractivity contribution in [3.05, 3.63) is 57.6 Å². The number of rotatable bonds is 2. The van der Waals surface area contributed by atoms with Gasteiger partial charge in [-0.15, -0.1) is 0 Å². The molecule has 2 amide bonds. The molecule has 0 aliphatic heterocycles. The summed E-state index contributed by atoms with van der Waals surface area (Å²) in [4.78, 5) is 24.1. The highest BCUT2D eigenvalue weighted by Crippen LogP contribution is 2.23. The van der Waals surface area contributed by atoms with Crippen LogP contribution in [0.5, 0.6) is 0 Å². The molecular formula is C17H17BrN2O2. The maximum Gasteiger partial charge on any atom is 0.314 e. The molecule has 4 nitrogen and oxygen atoms in total. The van der Waals surface area contributed by atoms with Crippen molar-refractivity contribution in [2.45, 2.75) is 20.8 Å². The Hall–Kier alpha value is -2.14. The Morgan fingerprint density at radius 1 is 0.909 bits per heavy atom. The molecule has 0 radical (unpaired) electrons. The standard InChI is InChI=1S/C17H17BrN2O2/c1-10-8-11(2)15(12(3)9-10)20-17(22)16(21)19-14-7-5-4-6-13(14)18/h4-9H,1-3H3,(H,19,21)(H,20,22). The monoisotopic (exact) mass is 360 g/mol. The summed E-state index contributed by atoms with van der Waals surface area (Å²) in [6.07, 6.45) is 0. The van der Waals surface area contributed by atoms with E-state index in [-0.39, 0.29) is 0 Å². The number of amides is 2. The van der Waals surface area contributed by atoms with Crippen LogP contribution in [0.3, 0.4) is 0 Å². The maximum absolute atomic E-state index is 12.1. The summed E-state index contributed by atoms with van der Waals surface area (Å²) in [7, 11) is 0. The van der Waals surface area contributed by atoms with Gasteiger partial charge in [-0.2, -0.15) is 0 Å². The normalized spacial score (nSPS) is 10.2. The van der Waals surface area contributed by atoms with Crippen molar-refractivity contribution in [2.75, 3.05) is 10.6 Å². The first kappa shape index (κ1) is 16.2. The van der Waals surface area contributed by atoms with Crippen molar-refractivity contribution >= 4 is 39.1 Å². The smallest absolute Gasteiger partial charge is 0.314 e. The van der Waals surface area contributed by atoms with Gasteiger partial charge in [0.05, 0.1) is 5.69 Å². The molecule has 0 unspecified atom stereocenters. The number of hydrogen-bond acceptors (Lipinski definition) is 2. The number of para-hydroxylation sites is 1. The van der Waals surface area contributed by atoms with E-state index in [9.17, 15) is 9.59 Å². The summed E-state index contributed by atoms with van der Waals surface area (Å²) in [6.45, 7) is 5.80. The molecule has 2 N–H and O–H groups in total. The molecule has 0 aliphatic carbocycles. The third kappa shape index (κ3) is 3.74. The number of nitrogens with one attached hydrogen (secondary N) is 2. The fourth-order valence-electron chi connectivity index (χ4n) is 2.29. The zero-order valence-corrected chi connectivity index (χ0v) is 14.2. The van der Waals surface area contributed by atoms with Crippen LogP contribution < -0.4 is 10.6 Å². The van der Waals surface area contributed by atoms with E-state index in [0.717, 1.165) is 21.2 Å². The molecule has 22 heavy (non-hydrogen) atoms. The third-order valence-electron chi connectivity index (χ3n) is 3.24. The van der Waals surface area contributed by atoms with Crippen molar-refractivity contribution in [3.63, 3.8) is 0 Å². The van der Waals surface area contributed by atoms with Crippen molar-refractivity contribution < 1.29 is 9.59 Å². The van der Waals surface area contributed by atoms with Gasteiger partial charge in [-0.25, -0.2) is 0 Å². The van der Waals surface area contributed by atoms with Gasteiger partial charge in [0.1, 0.15) is 0 Å². The van der Waals surface area contributed by atoms with Crippen LogP contribution in [0.25, 0.3) is 0 Å². The molecule has 0 saturated carbocycles. The second-order valence-corrected chi connectivity index (χ2v) is 6.02. The number of halogens is 1. The second kappa shape index (κ2) is 6.75. The zero-order chi connectivity index (χ0) is 16.3. The van der Waals surface area contributed by atoms with Crippen LogP contribution in [-0.4, -0.2) is 11.8 Å². The molecule has 2 aromatic carbocycles. The lowest BCUT2D eigenvalue weighted by atomic mass is 10.1. The lowest BCUT2D eigenvalue weighted by Crippen LogP contribution is -2.29. The number of carbonyl (C=O) groups is 2. The predicted octanol–water partition coefficient (Wildman–Crippen LogP) is 3.95. The van der Waals surface area contributed by atoms with E-state index in [1.807, 2.05) is 39.0 Å². The van der Waals surface area contributed by atoms with Gasteiger partial charge in [-0.3, -0.25) is 9.59 Å². The molecule has 0 spiro atoms. The summed E-state index contributed by atoms with van der Waals surface area (Å²) in [5.41, 5.74) is 4.21. The van der Waals surface area contributed by atoms with Crippen LogP contribution in [0, 0.1) is 20.8 Å². The van der Waals surface area contributed by atoms with Gasteiger partial charge in [-0.05, 0) is 60.0 Å². The van der Waals surface area contributed by atoms with E-state index in [1.54, 1.807) is 18.2 Å². The Kier molecular flexibility index (Phi) is 4.98. The number of carbonyl (C=O) groups excluding carboxylic acids is 2. The minimum Gasteiger partial charge on any atom is -0.317 e. The van der Waals surface area contributed by atoms with E-state index >= 15 is 0 Å². The molecule has 0 saturated heterocycles. The minimum absolute atomic E-state index is 0.556. The molecule has 2 rings (SSSR count). The molecule has 5 heteroatoms. The Bertz CT molecular complexity index is 718. The van der Waals surface area contributed by atoms with Gasteiger partial charge in [0.25, 0.3) is 0 Å². The van der Waals surface area contributed by atoms with Gasteiger partial charge in [0, 0.05) is 10.2 Å². The molecule has 0 bridgehead atoms. The molecule has 0 fully saturated rings. The first-order chi connectivity index (χ1) is 10.4. The van der Waals surface area contributed by atoms with E-state index in [1.165, 1.54) is 0 Å². The highest BCUT2D eigenvalue weighted by atomic mass is 79.9. The van der Waals surface area contributed by atoms with Crippen LogP contribution in [0.2, 0.25) is 0 Å². The Labute approximate surface area is 138 Å². The SMILES string of the molecule is Cc1cc(C)c(NC(=O)C(=O)Nc2ccccc2Br)c(C)c1. The van der Waals surface area contributed by atoms with E-state index in [0.29, 0.717) is 11.4 Å². The van der Waals surface area contributed by atoms with E-state index < -0.39 is 11.8 Å². The Balaban J connectivity index is 2.13. The number of hydrogen-bond donors (Lipinski definition) is 2. The summed E-state index contributed by atoms with van der Waals surface area (Å²) in [6, 6.07) is 11.1. The van der Waals surface area contributed by atoms with E-state index in [4.69, 9.17) is 0 Å². The topological polar surface area (TPSA) is 58.2 Å². The lowest BCUT2D eigenvalue weighted by Gasteiger charge is -2.13. The third-order valence-corrected chi connectivity index (χ3v) is 3.94. The lowest BCUT2D eigenvalue weighted by molar-refractivity contribution is -0.133. The minimum atomic E-state index is -0.703. The van der Waals surface area contributed by atoms with Crippen LogP contribution in [-0.2, 0) is 9.59 Å². The highest BCUT2D eigenvalue weighted by molar-refractivity contribution is 9.10. The quantitative estimate of drug-likeness (QED) is 0.796. The van der Waals surface area contributed by atoms with Crippen LogP contribution >= 0.6 is 15.9 Å². The Morgan fingerprint density at radius 2 is 1.45 bits per heavy atom. The first-order valence-electron chi connectivity index (χ1n) is 6.83. The summed E-state index contributed by atoms with van der Waals surface area (Å²) >= 11 is 3.33. The molecule has 0 atom stereocenters. The molecule has 0 aromatic heterocycles. The van der Waals surface area contributed by atoms with Crippen molar-refractivity contribution in [2.24, 2.45) is 0 Å². The summed E-state index contributed by atoms with van der Waals surface area (Å²) in [5, 5.41) is 5.26. The largest absolute Gasteiger partial charge is 0.317 e. The number of benzene rings is 2. The average molecular weight is 361 g/mol.